The average molecular weight is 371 g/mol. The van der Waals surface area contributed by atoms with Crippen LogP contribution < -0.4 is 4.72 Å². The van der Waals surface area contributed by atoms with Crippen molar-refractivity contribution in [3.05, 3.63) is 59.0 Å². The first-order chi connectivity index (χ1) is 12.3. The van der Waals surface area contributed by atoms with Crippen LogP contribution >= 0.6 is 0 Å². The third kappa shape index (κ3) is 3.77. The monoisotopic (exact) mass is 371 g/mol. The highest BCUT2D eigenvalue weighted by molar-refractivity contribution is 7.92. The summed E-state index contributed by atoms with van der Waals surface area (Å²) in [6, 6.07) is 10.7. The SMILES string of the molecule is CCc1nc(-c2ccc(C)c(S(=O)(=O)Nc3cc(C)cc(C)c3)c2)no1. The van der Waals surface area contributed by atoms with Crippen LogP contribution in [-0.4, -0.2) is 18.6 Å². The van der Waals surface area contributed by atoms with Gasteiger partial charge in [0.25, 0.3) is 10.0 Å². The lowest BCUT2D eigenvalue weighted by atomic mass is 10.1. The van der Waals surface area contributed by atoms with Gasteiger partial charge in [0.05, 0.1) is 4.90 Å². The second-order valence-corrected chi connectivity index (χ2v) is 7.98. The quantitative estimate of drug-likeness (QED) is 0.732. The second kappa shape index (κ2) is 6.92. The number of hydrogen-bond donors (Lipinski definition) is 1. The minimum Gasteiger partial charge on any atom is -0.339 e. The Morgan fingerprint density at radius 1 is 1.04 bits per heavy atom. The first-order valence-corrected chi connectivity index (χ1v) is 9.81. The molecule has 0 aliphatic heterocycles. The predicted octanol–water partition coefficient (Wildman–Crippen LogP) is 4.03. The molecule has 0 aliphatic carbocycles. The number of hydrogen-bond acceptors (Lipinski definition) is 5. The lowest BCUT2D eigenvalue weighted by molar-refractivity contribution is 0.383. The maximum atomic E-state index is 12.9. The Hall–Kier alpha value is -2.67. The van der Waals surface area contributed by atoms with Gasteiger partial charge in [0.2, 0.25) is 11.7 Å². The molecule has 0 radical (unpaired) electrons. The van der Waals surface area contributed by atoms with Gasteiger partial charge in [-0.2, -0.15) is 4.98 Å². The van der Waals surface area contributed by atoms with E-state index in [1.165, 1.54) is 0 Å². The highest BCUT2D eigenvalue weighted by Gasteiger charge is 2.19. The number of anilines is 1. The number of rotatable bonds is 5. The van der Waals surface area contributed by atoms with Crippen LogP contribution in [0.4, 0.5) is 5.69 Å². The lowest BCUT2D eigenvalue weighted by Gasteiger charge is -2.12. The second-order valence-electron chi connectivity index (χ2n) is 6.33. The summed E-state index contributed by atoms with van der Waals surface area (Å²) in [7, 11) is -3.74. The third-order valence-corrected chi connectivity index (χ3v) is 5.50. The number of nitrogens with one attached hydrogen (secondary N) is 1. The van der Waals surface area contributed by atoms with E-state index in [1.54, 1.807) is 37.3 Å². The first-order valence-electron chi connectivity index (χ1n) is 8.33. The Morgan fingerprint density at radius 3 is 2.35 bits per heavy atom. The molecule has 1 N–H and O–H groups in total. The van der Waals surface area contributed by atoms with E-state index in [-0.39, 0.29) is 4.90 Å². The van der Waals surface area contributed by atoms with Crippen molar-refractivity contribution in [2.75, 3.05) is 4.72 Å². The fourth-order valence-corrected chi connectivity index (χ4v) is 4.10. The predicted molar refractivity (Wildman–Crippen MR) is 101 cm³/mol. The molecule has 136 valence electrons. The number of nitrogens with zero attached hydrogens (tertiary/aromatic N) is 2. The highest BCUT2D eigenvalue weighted by atomic mass is 32.2. The van der Waals surface area contributed by atoms with Gasteiger partial charge in [0.1, 0.15) is 0 Å². The Kier molecular flexibility index (Phi) is 4.82. The van der Waals surface area contributed by atoms with Gasteiger partial charge in [-0.05, 0) is 55.7 Å². The largest absolute Gasteiger partial charge is 0.339 e. The van der Waals surface area contributed by atoms with E-state index in [1.807, 2.05) is 26.8 Å². The van der Waals surface area contributed by atoms with Gasteiger partial charge >= 0.3 is 0 Å². The van der Waals surface area contributed by atoms with Crippen LogP contribution in [0.1, 0.15) is 29.5 Å². The molecule has 1 aromatic heterocycles. The highest BCUT2D eigenvalue weighted by Crippen LogP contribution is 2.26. The van der Waals surface area contributed by atoms with Crippen molar-refractivity contribution in [3.8, 4) is 11.4 Å². The third-order valence-electron chi connectivity index (χ3n) is 3.98. The molecule has 0 fully saturated rings. The van der Waals surface area contributed by atoms with Crippen molar-refractivity contribution in [2.45, 2.75) is 39.0 Å². The molecular weight excluding hydrogens is 350 g/mol. The first kappa shape index (κ1) is 18.1. The summed E-state index contributed by atoms with van der Waals surface area (Å²) < 4.78 is 33.6. The lowest BCUT2D eigenvalue weighted by Crippen LogP contribution is -2.14. The molecule has 1 heterocycles. The summed E-state index contributed by atoms with van der Waals surface area (Å²) in [6.45, 7) is 7.53. The summed E-state index contributed by atoms with van der Waals surface area (Å²) in [4.78, 5) is 4.46. The van der Waals surface area contributed by atoms with Crippen molar-refractivity contribution >= 4 is 15.7 Å². The van der Waals surface area contributed by atoms with Crippen molar-refractivity contribution < 1.29 is 12.9 Å². The molecule has 0 spiro atoms. The zero-order valence-corrected chi connectivity index (χ0v) is 16.0. The molecule has 0 amide bonds. The maximum absolute atomic E-state index is 12.9. The van der Waals surface area contributed by atoms with E-state index in [2.05, 4.69) is 14.9 Å². The fraction of sp³-hybridized carbons (Fsp3) is 0.263. The molecule has 3 rings (SSSR count). The minimum absolute atomic E-state index is 0.192. The van der Waals surface area contributed by atoms with E-state index in [4.69, 9.17) is 4.52 Å². The van der Waals surface area contributed by atoms with Gasteiger partial charge < -0.3 is 4.52 Å². The Morgan fingerprint density at radius 2 is 1.73 bits per heavy atom. The van der Waals surface area contributed by atoms with Gasteiger partial charge in [-0.25, -0.2) is 8.42 Å². The fourth-order valence-electron chi connectivity index (χ4n) is 2.79. The summed E-state index contributed by atoms with van der Waals surface area (Å²) >= 11 is 0. The number of sulfonamides is 1. The molecule has 0 aliphatic rings. The summed E-state index contributed by atoms with van der Waals surface area (Å²) in [5, 5.41) is 3.92. The van der Waals surface area contributed by atoms with Gasteiger partial charge in [-0.3, -0.25) is 4.72 Å². The van der Waals surface area contributed by atoms with Crippen LogP contribution in [0.3, 0.4) is 0 Å². The zero-order chi connectivity index (χ0) is 18.9. The minimum atomic E-state index is -3.74. The van der Waals surface area contributed by atoms with E-state index in [9.17, 15) is 8.42 Å². The summed E-state index contributed by atoms with van der Waals surface area (Å²) in [5.74, 6) is 0.892. The Labute approximate surface area is 153 Å². The molecule has 3 aromatic rings. The number of aryl methyl sites for hydroxylation is 4. The summed E-state index contributed by atoms with van der Waals surface area (Å²) in [6.07, 6.45) is 0.623. The molecule has 7 heteroatoms. The average Bonchev–Trinajstić information content (AvgIpc) is 3.02. The molecule has 0 atom stereocenters. The van der Waals surface area contributed by atoms with Gasteiger partial charge in [0.15, 0.2) is 0 Å². The van der Waals surface area contributed by atoms with E-state index in [0.29, 0.717) is 35.0 Å². The van der Waals surface area contributed by atoms with Gasteiger partial charge in [-0.1, -0.05) is 30.3 Å². The molecule has 0 saturated carbocycles. The molecule has 26 heavy (non-hydrogen) atoms. The van der Waals surface area contributed by atoms with E-state index >= 15 is 0 Å². The normalized spacial score (nSPS) is 11.5. The maximum Gasteiger partial charge on any atom is 0.262 e. The smallest absolute Gasteiger partial charge is 0.262 e. The number of benzene rings is 2. The molecule has 0 bridgehead atoms. The topological polar surface area (TPSA) is 85.1 Å². The molecule has 0 saturated heterocycles. The zero-order valence-electron chi connectivity index (χ0n) is 15.2. The van der Waals surface area contributed by atoms with Crippen LogP contribution in [0.15, 0.2) is 45.8 Å². The van der Waals surface area contributed by atoms with E-state index in [0.717, 1.165) is 11.1 Å². The van der Waals surface area contributed by atoms with Crippen molar-refractivity contribution in [3.63, 3.8) is 0 Å². The molecule has 2 aromatic carbocycles. The van der Waals surface area contributed by atoms with Crippen LogP contribution in [-0.2, 0) is 16.4 Å². The molecule has 0 unspecified atom stereocenters. The Balaban J connectivity index is 2.00. The summed E-state index contributed by atoms with van der Waals surface area (Å²) in [5.41, 5.74) is 3.77. The van der Waals surface area contributed by atoms with Gasteiger partial charge in [-0.15, -0.1) is 0 Å². The standard InChI is InChI=1S/C19H21N3O3S/c1-5-18-20-19(21-25-18)15-7-6-14(4)17(11-15)26(23,24)22-16-9-12(2)8-13(3)10-16/h6-11,22H,5H2,1-4H3. The Bertz CT molecular complexity index is 1040. The van der Waals surface area contributed by atoms with Crippen LogP contribution in [0.25, 0.3) is 11.4 Å². The van der Waals surface area contributed by atoms with Crippen LogP contribution in [0.5, 0.6) is 0 Å². The van der Waals surface area contributed by atoms with Crippen molar-refractivity contribution in [1.29, 1.82) is 0 Å². The number of aromatic nitrogens is 2. The molecular formula is C19H21N3O3S. The van der Waals surface area contributed by atoms with Crippen molar-refractivity contribution in [1.82, 2.24) is 10.1 Å². The van der Waals surface area contributed by atoms with Crippen LogP contribution in [0, 0.1) is 20.8 Å². The van der Waals surface area contributed by atoms with E-state index < -0.39 is 10.0 Å². The molecule has 6 nitrogen and oxygen atoms in total. The van der Waals surface area contributed by atoms with Crippen molar-refractivity contribution in [2.24, 2.45) is 0 Å². The van der Waals surface area contributed by atoms with Crippen LogP contribution in [0.2, 0.25) is 0 Å². The van der Waals surface area contributed by atoms with Gasteiger partial charge in [0, 0.05) is 17.7 Å².